The monoisotopic (exact) mass is 201 g/mol. The van der Waals surface area contributed by atoms with Crippen molar-refractivity contribution in [3.05, 3.63) is 48.8 Å². The van der Waals surface area contributed by atoms with Gasteiger partial charge in [-0.05, 0) is 30.3 Å². The van der Waals surface area contributed by atoms with Crippen LogP contribution in [0.3, 0.4) is 0 Å². The van der Waals surface area contributed by atoms with Crippen molar-refractivity contribution >= 4 is 17.4 Å². The molecule has 2 aromatic rings. The van der Waals surface area contributed by atoms with Crippen molar-refractivity contribution in [3.8, 4) is 0 Å². The van der Waals surface area contributed by atoms with Gasteiger partial charge in [0.25, 0.3) is 0 Å². The SMILES string of the molecule is Nc1cccc(NC(=O)n2cccc2)c1. The maximum Gasteiger partial charge on any atom is 0.329 e. The van der Waals surface area contributed by atoms with E-state index < -0.39 is 0 Å². The first-order valence-corrected chi connectivity index (χ1v) is 4.55. The van der Waals surface area contributed by atoms with Crippen LogP contribution in [0.1, 0.15) is 0 Å². The highest BCUT2D eigenvalue weighted by Gasteiger charge is 2.02. The van der Waals surface area contributed by atoms with Crippen LogP contribution in [0.5, 0.6) is 0 Å². The van der Waals surface area contributed by atoms with Crippen LogP contribution in [0.25, 0.3) is 0 Å². The fourth-order valence-electron chi connectivity index (χ4n) is 1.27. The summed E-state index contributed by atoms with van der Waals surface area (Å²) in [7, 11) is 0. The average Bonchev–Trinajstić information content (AvgIpc) is 2.70. The molecule has 0 aliphatic rings. The molecule has 15 heavy (non-hydrogen) atoms. The van der Waals surface area contributed by atoms with Crippen molar-refractivity contribution in [1.29, 1.82) is 0 Å². The number of carbonyl (C=O) groups is 1. The lowest BCUT2D eigenvalue weighted by Gasteiger charge is -2.05. The molecule has 4 nitrogen and oxygen atoms in total. The molecule has 1 aromatic heterocycles. The molecule has 76 valence electrons. The summed E-state index contributed by atoms with van der Waals surface area (Å²) >= 11 is 0. The molecule has 0 aliphatic heterocycles. The van der Waals surface area contributed by atoms with Crippen molar-refractivity contribution in [1.82, 2.24) is 4.57 Å². The van der Waals surface area contributed by atoms with E-state index in [-0.39, 0.29) is 6.03 Å². The Morgan fingerprint density at radius 1 is 1.20 bits per heavy atom. The summed E-state index contributed by atoms with van der Waals surface area (Å²) in [5.74, 6) is 0. The molecule has 0 atom stereocenters. The fraction of sp³-hybridized carbons (Fsp3) is 0. The Balaban J connectivity index is 2.13. The highest BCUT2D eigenvalue weighted by Crippen LogP contribution is 2.11. The van der Waals surface area contributed by atoms with Crippen LogP contribution in [-0.2, 0) is 0 Å². The first kappa shape index (κ1) is 9.33. The zero-order chi connectivity index (χ0) is 10.7. The molecule has 0 saturated heterocycles. The number of nitrogens with two attached hydrogens (primary N) is 1. The van der Waals surface area contributed by atoms with Crippen LogP contribution >= 0.6 is 0 Å². The third-order valence-electron chi connectivity index (χ3n) is 1.98. The number of amides is 1. The molecular weight excluding hydrogens is 190 g/mol. The Morgan fingerprint density at radius 2 is 1.93 bits per heavy atom. The smallest absolute Gasteiger partial charge is 0.329 e. The zero-order valence-corrected chi connectivity index (χ0v) is 8.05. The number of anilines is 2. The number of benzene rings is 1. The molecule has 1 amide bonds. The Labute approximate surface area is 87.3 Å². The summed E-state index contributed by atoms with van der Waals surface area (Å²) < 4.78 is 1.46. The molecule has 0 bridgehead atoms. The van der Waals surface area contributed by atoms with E-state index >= 15 is 0 Å². The second-order valence-corrected chi connectivity index (χ2v) is 3.15. The summed E-state index contributed by atoms with van der Waals surface area (Å²) in [5.41, 5.74) is 6.91. The second kappa shape index (κ2) is 3.88. The number of nitrogens with one attached hydrogen (secondary N) is 1. The summed E-state index contributed by atoms with van der Waals surface area (Å²) in [5, 5.41) is 2.73. The zero-order valence-electron chi connectivity index (χ0n) is 8.05. The summed E-state index contributed by atoms with van der Waals surface area (Å²) in [4.78, 5) is 11.6. The minimum atomic E-state index is -0.203. The van der Waals surface area contributed by atoms with Gasteiger partial charge >= 0.3 is 6.03 Å². The Hall–Kier alpha value is -2.23. The molecule has 0 fully saturated rings. The molecule has 0 saturated carbocycles. The summed E-state index contributed by atoms with van der Waals surface area (Å²) in [6, 6.07) is 10.4. The van der Waals surface area contributed by atoms with E-state index in [0.29, 0.717) is 11.4 Å². The van der Waals surface area contributed by atoms with E-state index in [2.05, 4.69) is 5.32 Å². The first-order valence-electron chi connectivity index (χ1n) is 4.55. The summed E-state index contributed by atoms with van der Waals surface area (Å²) in [6.45, 7) is 0. The van der Waals surface area contributed by atoms with Crippen LogP contribution < -0.4 is 11.1 Å². The lowest BCUT2D eigenvalue weighted by Crippen LogP contribution is -2.17. The number of hydrogen-bond acceptors (Lipinski definition) is 2. The lowest BCUT2D eigenvalue weighted by molar-refractivity contribution is 0.253. The molecule has 2 rings (SSSR count). The number of hydrogen-bond donors (Lipinski definition) is 2. The van der Waals surface area contributed by atoms with E-state index in [1.807, 2.05) is 0 Å². The molecule has 0 spiro atoms. The van der Waals surface area contributed by atoms with E-state index in [9.17, 15) is 4.79 Å². The number of rotatable bonds is 1. The minimum absolute atomic E-state index is 0.203. The maximum atomic E-state index is 11.6. The van der Waals surface area contributed by atoms with Crippen molar-refractivity contribution in [2.24, 2.45) is 0 Å². The minimum Gasteiger partial charge on any atom is -0.399 e. The highest BCUT2D eigenvalue weighted by molar-refractivity contribution is 5.91. The van der Waals surface area contributed by atoms with E-state index in [4.69, 9.17) is 5.73 Å². The first-order chi connectivity index (χ1) is 7.25. The predicted molar refractivity (Wildman–Crippen MR) is 59.7 cm³/mol. The normalized spacial score (nSPS) is 9.87. The van der Waals surface area contributed by atoms with Gasteiger partial charge in [-0.3, -0.25) is 4.57 Å². The topological polar surface area (TPSA) is 60.0 Å². The largest absolute Gasteiger partial charge is 0.399 e. The number of carbonyl (C=O) groups excluding carboxylic acids is 1. The molecular formula is C11H11N3O. The third-order valence-corrected chi connectivity index (χ3v) is 1.98. The van der Waals surface area contributed by atoms with Gasteiger partial charge in [0.05, 0.1) is 0 Å². The summed E-state index contributed by atoms with van der Waals surface area (Å²) in [6.07, 6.45) is 3.36. The van der Waals surface area contributed by atoms with Gasteiger partial charge in [-0.15, -0.1) is 0 Å². The second-order valence-electron chi connectivity index (χ2n) is 3.15. The quantitative estimate of drug-likeness (QED) is 0.694. The van der Waals surface area contributed by atoms with Gasteiger partial charge in [0, 0.05) is 23.8 Å². The van der Waals surface area contributed by atoms with Crippen molar-refractivity contribution in [2.45, 2.75) is 0 Å². The average molecular weight is 201 g/mol. The number of aromatic nitrogens is 1. The molecule has 0 unspecified atom stereocenters. The van der Waals surface area contributed by atoms with Crippen LogP contribution in [0.4, 0.5) is 16.2 Å². The van der Waals surface area contributed by atoms with Gasteiger partial charge in [-0.25, -0.2) is 4.79 Å². The molecule has 1 aromatic carbocycles. The van der Waals surface area contributed by atoms with Gasteiger partial charge in [0.15, 0.2) is 0 Å². The maximum absolute atomic E-state index is 11.6. The van der Waals surface area contributed by atoms with Gasteiger partial charge in [0.1, 0.15) is 0 Å². The highest BCUT2D eigenvalue weighted by atomic mass is 16.2. The number of nitrogen functional groups attached to an aromatic ring is 1. The standard InChI is InChI=1S/C11H11N3O/c12-9-4-3-5-10(8-9)13-11(15)14-6-1-2-7-14/h1-8H,12H2,(H,13,15). The fourth-order valence-corrected chi connectivity index (χ4v) is 1.27. The Bertz CT molecular complexity index is 462. The predicted octanol–water partition coefficient (Wildman–Crippen LogP) is 2.15. The molecule has 1 heterocycles. The van der Waals surface area contributed by atoms with E-state index in [1.54, 1.807) is 48.8 Å². The van der Waals surface area contributed by atoms with Crippen molar-refractivity contribution in [3.63, 3.8) is 0 Å². The molecule has 0 aliphatic carbocycles. The van der Waals surface area contributed by atoms with Gasteiger partial charge in [0.2, 0.25) is 0 Å². The van der Waals surface area contributed by atoms with Crippen molar-refractivity contribution in [2.75, 3.05) is 11.1 Å². The Kier molecular flexibility index (Phi) is 2.41. The molecule has 0 radical (unpaired) electrons. The van der Waals surface area contributed by atoms with Crippen molar-refractivity contribution < 1.29 is 4.79 Å². The molecule has 3 N–H and O–H groups in total. The van der Waals surface area contributed by atoms with Crippen LogP contribution in [0, 0.1) is 0 Å². The molecule has 4 heteroatoms. The number of nitrogens with zero attached hydrogens (tertiary/aromatic N) is 1. The van der Waals surface area contributed by atoms with Crippen LogP contribution in [0.2, 0.25) is 0 Å². The van der Waals surface area contributed by atoms with E-state index in [1.165, 1.54) is 4.57 Å². The van der Waals surface area contributed by atoms with Gasteiger partial charge in [-0.2, -0.15) is 0 Å². The Morgan fingerprint density at radius 3 is 2.60 bits per heavy atom. The van der Waals surface area contributed by atoms with E-state index in [0.717, 1.165) is 0 Å². The van der Waals surface area contributed by atoms with Gasteiger partial charge in [-0.1, -0.05) is 6.07 Å². The van der Waals surface area contributed by atoms with Crippen LogP contribution in [-0.4, -0.2) is 10.6 Å². The third kappa shape index (κ3) is 2.17. The van der Waals surface area contributed by atoms with Crippen LogP contribution in [0.15, 0.2) is 48.8 Å². The lowest BCUT2D eigenvalue weighted by atomic mass is 10.3. The van der Waals surface area contributed by atoms with Gasteiger partial charge < -0.3 is 11.1 Å².